The Kier molecular flexibility index (Phi) is 5.74. The third-order valence-corrected chi connectivity index (χ3v) is 5.43. The number of benzene rings is 1. The standard InChI is InChI=1S/C19H27N7O/c27-19(25-9-5-2-6-10-25)16-24-13-11-23(12-14-24)15-18-20-21-22-26(18)17-7-3-1-4-8-17/h1,3-4,7-8H,2,5-6,9-16H2. The summed E-state index contributed by atoms with van der Waals surface area (Å²) in [7, 11) is 0. The van der Waals surface area contributed by atoms with Crippen LogP contribution in [0.5, 0.6) is 0 Å². The molecule has 27 heavy (non-hydrogen) atoms. The first kappa shape index (κ1) is 18.1. The van der Waals surface area contributed by atoms with Crippen molar-refractivity contribution in [1.82, 2.24) is 34.9 Å². The predicted octanol–water partition coefficient (Wildman–Crippen LogP) is 0.792. The molecule has 0 atom stereocenters. The van der Waals surface area contributed by atoms with Crippen LogP contribution in [-0.4, -0.2) is 86.6 Å². The molecule has 0 aliphatic carbocycles. The van der Waals surface area contributed by atoms with E-state index >= 15 is 0 Å². The summed E-state index contributed by atoms with van der Waals surface area (Å²) in [6, 6.07) is 9.96. The summed E-state index contributed by atoms with van der Waals surface area (Å²) in [4.78, 5) is 19.1. The maximum Gasteiger partial charge on any atom is 0.236 e. The Labute approximate surface area is 159 Å². The van der Waals surface area contributed by atoms with Gasteiger partial charge in [0, 0.05) is 39.3 Å². The largest absolute Gasteiger partial charge is 0.342 e. The van der Waals surface area contributed by atoms with Crippen molar-refractivity contribution in [2.24, 2.45) is 0 Å². The van der Waals surface area contributed by atoms with Crippen LogP contribution < -0.4 is 0 Å². The molecule has 4 rings (SSSR count). The Morgan fingerprint density at radius 1 is 0.889 bits per heavy atom. The maximum atomic E-state index is 12.4. The number of likely N-dealkylation sites (tertiary alicyclic amines) is 1. The average molecular weight is 369 g/mol. The molecule has 0 saturated carbocycles. The van der Waals surface area contributed by atoms with Gasteiger partial charge in [-0.1, -0.05) is 18.2 Å². The van der Waals surface area contributed by atoms with Gasteiger partial charge in [-0.2, -0.15) is 4.68 Å². The fraction of sp³-hybridized carbons (Fsp3) is 0.579. The molecule has 0 spiro atoms. The molecule has 0 radical (unpaired) electrons. The summed E-state index contributed by atoms with van der Waals surface area (Å²) in [5.41, 5.74) is 0.975. The second-order valence-corrected chi connectivity index (χ2v) is 7.34. The first-order valence-corrected chi connectivity index (χ1v) is 9.85. The van der Waals surface area contributed by atoms with Crippen LogP contribution >= 0.6 is 0 Å². The van der Waals surface area contributed by atoms with Gasteiger partial charge < -0.3 is 4.90 Å². The van der Waals surface area contributed by atoms with Gasteiger partial charge in [-0.25, -0.2) is 0 Å². The number of piperidine rings is 1. The number of hydrogen-bond acceptors (Lipinski definition) is 6. The lowest BCUT2D eigenvalue weighted by Gasteiger charge is -2.35. The Hall–Kier alpha value is -2.32. The van der Waals surface area contributed by atoms with E-state index in [1.165, 1.54) is 6.42 Å². The Bertz CT molecular complexity index is 734. The Balaban J connectivity index is 1.28. The predicted molar refractivity (Wildman–Crippen MR) is 101 cm³/mol. The molecule has 0 unspecified atom stereocenters. The summed E-state index contributed by atoms with van der Waals surface area (Å²) in [6.45, 7) is 6.80. The van der Waals surface area contributed by atoms with Gasteiger partial charge in [0.25, 0.3) is 0 Å². The molecule has 1 aromatic heterocycles. The monoisotopic (exact) mass is 369 g/mol. The molecule has 2 saturated heterocycles. The van der Waals surface area contributed by atoms with Crippen LogP contribution in [0.2, 0.25) is 0 Å². The average Bonchev–Trinajstić information content (AvgIpc) is 3.19. The van der Waals surface area contributed by atoms with Gasteiger partial charge in [0.05, 0.1) is 18.8 Å². The van der Waals surface area contributed by atoms with Gasteiger partial charge in [0.15, 0.2) is 5.82 Å². The van der Waals surface area contributed by atoms with Crippen molar-refractivity contribution in [3.63, 3.8) is 0 Å². The molecule has 0 bridgehead atoms. The first-order valence-electron chi connectivity index (χ1n) is 9.85. The van der Waals surface area contributed by atoms with E-state index in [2.05, 4.69) is 25.3 Å². The molecule has 2 aromatic rings. The molecule has 2 fully saturated rings. The molecule has 1 aromatic carbocycles. The summed E-state index contributed by atoms with van der Waals surface area (Å²) < 4.78 is 1.80. The second kappa shape index (κ2) is 8.58. The SMILES string of the molecule is O=C(CN1CCN(Cc2nnnn2-c2ccccc2)CC1)N1CCCCC1. The van der Waals surface area contributed by atoms with E-state index in [9.17, 15) is 4.79 Å². The van der Waals surface area contributed by atoms with Crippen molar-refractivity contribution in [2.75, 3.05) is 45.8 Å². The highest BCUT2D eigenvalue weighted by atomic mass is 16.2. The van der Waals surface area contributed by atoms with Crippen LogP contribution in [0.1, 0.15) is 25.1 Å². The zero-order chi connectivity index (χ0) is 18.5. The third-order valence-electron chi connectivity index (χ3n) is 5.43. The quantitative estimate of drug-likeness (QED) is 0.776. The molecular formula is C19H27N7O. The van der Waals surface area contributed by atoms with Crippen LogP contribution in [0.15, 0.2) is 30.3 Å². The number of rotatable bonds is 5. The summed E-state index contributed by atoms with van der Waals surface area (Å²) >= 11 is 0. The maximum absolute atomic E-state index is 12.4. The minimum absolute atomic E-state index is 0.288. The van der Waals surface area contributed by atoms with Crippen molar-refractivity contribution in [3.8, 4) is 5.69 Å². The van der Waals surface area contributed by atoms with Gasteiger partial charge in [0.1, 0.15) is 0 Å². The van der Waals surface area contributed by atoms with Gasteiger partial charge in [-0.3, -0.25) is 14.6 Å². The van der Waals surface area contributed by atoms with E-state index < -0.39 is 0 Å². The van der Waals surface area contributed by atoms with E-state index in [0.29, 0.717) is 6.54 Å². The summed E-state index contributed by atoms with van der Waals surface area (Å²) in [6.07, 6.45) is 3.55. The lowest BCUT2D eigenvalue weighted by molar-refractivity contribution is -0.133. The van der Waals surface area contributed by atoms with E-state index in [1.54, 1.807) is 4.68 Å². The molecule has 8 nitrogen and oxygen atoms in total. The molecule has 2 aliphatic rings. The Morgan fingerprint density at radius 3 is 2.33 bits per heavy atom. The van der Waals surface area contributed by atoms with Crippen LogP contribution in [-0.2, 0) is 11.3 Å². The molecule has 1 amide bonds. The fourth-order valence-corrected chi connectivity index (χ4v) is 3.81. The smallest absolute Gasteiger partial charge is 0.236 e. The fourth-order valence-electron chi connectivity index (χ4n) is 3.81. The van der Waals surface area contributed by atoms with Gasteiger partial charge >= 0.3 is 0 Å². The number of carbonyl (C=O) groups excluding carboxylic acids is 1. The number of nitrogens with zero attached hydrogens (tertiary/aromatic N) is 7. The van der Waals surface area contributed by atoms with Crippen LogP contribution in [0.4, 0.5) is 0 Å². The van der Waals surface area contributed by atoms with Crippen LogP contribution in [0.3, 0.4) is 0 Å². The van der Waals surface area contributed by atoms with Gasteiger partial charge in [-0.15, -0.1) is 5.10 Å². The zero-order valence-corrected chi connectivity index (χ0v) is 15.7. The highest BCUT2D eigenvalue weighted by molar-refractivity contribution is 5.78. The minimum atomic E-state index is 0.288. The van der Waals surface area contributed by atoms with Crippen molar-refractivity contribution in [3.05, 3.63) is 36.2 Å². The van der Waals surface area contributed by atoms with Crippen LogP contribution in [0.25, 0.3) is 5.69 Å². The molecule has 3 heterocycles. The highest BCUT2D eigenvalue weighted by Gasteiger charge is 2.23. The van der Waals surface area contributed by atoms with Crippen molar-refractivity contribution < 1.29 is 4.79 Å². The summed E-state index contributed by atoms with van der Waals surface area (Å²) in [5, 5.41) is 12.2. The van der Waals surface area contributed by atoms with Crippen LogP contribution in [0, 0.1) is 0 Å². The Morgan fingerprint density at radius 2 is 1.59 bits per heavy atom. The number of piperazine rings is 1. The lowest BCUT2D eigenvalue weighted by atomic mass is 10.1. The van der Waals surface area contributed by atoms with Crippen molar-refractivity contribution in [2.45, 2.75) is 25.8 Å². The number of carbonyl (C=O) groups is 1. The molecule has 0 N–H and O–H groups in total. The number of para-hydroxylation sites is 1. The minimum Gasteiger partial charge on any atom is -0.342 e. The third kappa shape index (κ3) is 4.51. The number of tetrazole rings is 1. The number of amides is 1. The van der Waals surface area contributed by atoms with E-state index in [4.69, 9.17) is 0 Å². The number of aromatic nitrogens is 4. The van der Waals surface area contributed by atoms with E-state index in [-0.39, 0.29) is 5.91 Å². The molecule has 8 heteroatoms. The normalized spacial score (nSPS) is 19.3. The van der Waals surface area contributed by atoms with Crippen molar-refractivity contribution in [1.29, 1.82) is 0 Å². The highest BCUT2D eigenvalue weighted by Crippen LogP contribution is 2.12. The number of hydrogen-bond donors (Lipinski definition) is 0. The summed E-state index contributed by atoms with van der Waals surface area (Å²) in [5.74, 6) is 1.13. The molecule has 2 aliphatic heterocycles. The first-order chi connectivity index (χ1) is 13.3. The van der Waals surface area contributed by atoms with E-state index in [0.717, 1.165) is 70.2 Å². The topological polar surface area (TPSA) is 70.4 Å². The zero-order valence-electron chi connectivity index (χ0n) is 15.7. The lowest BCUT2D eigenvalue weighted by Crippen LogP contribution is -2.50. The van der Waals surface area contributed by atoms with Gasteiger partial charge in [-0.05, 0) is 41.8 Å². The second-order valence-electron chi connectivity index (χ2n) is 7.34. The van der Waals surface area contributed by atoms with Crippen molar-refractivity contribution >= 4 is 5.91 Å². The van der Waals surface area contributed by atoms with E-state index in [1.807, 2.05) is 35.2 Å². The molecular weight excluding hydrogens is 342 g/mol. The molecule has 144 valence electrons. The van der Waals surface area contributed by atoms with Gasteiger partial charge in [0.2, 0.25) is 5.91 Å².